The van der Waals surface area contributed by atoms with Crippen LogP contribution in [0.1, 0.15) is 101 Å². The minimum absolute atomic E-state index is 0.0258. The Bertz CT molecular complexity index is 1130. The zero-order valence-corrected chi connectivity index (χ0v) is 27.1. The van der Waals surface area contributed by atoms with Gasteiger partial charge in [0.1, 0.15) is 0 Å². The number of nitrogens with one attached hydrogen (secondary N) is 1. The number of amides is 1. The lowest BCUT2D eigenvalue weighted by Crippen LogP contribution is -2.58. The summed E-state index contributed by atoms with van der Waals surface area (Å²) in [6.07, 6.45) is 15.1. The molecule has 0 aromatic carbocycles. The van der Waals surface area contributed by atoms with E-state index in [0.717, 1.165) is 32.2 Å². The van der Waals surface area contributed by atoms with Crippen LogP contribution in [0.2, 0.25) is 0 Å². The summed E-state index contributed by atoms with van der Waals surface area (Å²) >= 11 is 0. The van der Waals surface area contributed by atoms with Crippen molar-refractivity contribution in [3.8, 4) is 0 Å². The van der Waals surface area contributed by atoms with Crippen molar-refractivity contribution in [3.05, 3.63) is 35.6 Å². The molecule has 2 saturated carbocycles. The molecule has 3 fully saturated rings. The first-order chi connectivity index (χ1) is 18.5. The molecule has 222 valence electrons. The molecule has 0 aromatic heterocycles. The van der Waals surface area contributed by atoms with E-state index in [1.54, 1.807) is 0 Å². The van der Waals surface area contributed by atoms with Gasteiger partial charge >= 0.3 is 0 Å². The summed E-state index contributed by atoms with van der Waals surface area (Å²) in [6, 6.07) is 0.0258. The fourth-order valence-electron chi connectivity index (χ4n) is 10.3. The predicted octanol–water partition coefficient (Wildman–Crippen LogP) is 7.57. The molecule has 4 unspecified atom stereocenters. The van der Waals surface area contributed by atoms with Gasteiger partial charge in [-0.1, -0.05) is 80.5 Å². The molecule has 1 amide bonds. The van der Waals surface area contributed by atoms with Crippen LogP contribution in [0.15, 0.2) is 35.6 Å². The smallest absolute Gasteiger partial charge is 0.224 e. The van der Waals surface area contributed by atoms with Crippen LogP contribution in [0.25, 0.3) is 0 Å². The van der Waals surface area contributed by atoms with Crippen LogP contribution in [0.5, 0.6) is 0 Å². The molecule has 1 saturated heterocycles. The Balaban J connectivity index is 1.41. The van der Waals surface area contributed by atoms with Gasteiger partial charge < -0.3 is 10.2 Å². The summed E-state index contributed by atoms with van der Waals surface area (Å²) in [5.74, 6) is 3.12. The predicted molar refractivity (Wildman–Crippen MR) is 164 cm³/mol. The molecule has 0 aromatic rings. The Morgan fingerprint density at radius 1 is 1.02 bits per heavy atom. The van der Waals surface area contributed by atoms with E-state index in [2.05, 4.69) is 97.8 Å². The Morgan fingerprint density at radius 3 is 2.38 bits per heavy atom. The van der Waals surface area contributed by atoms with Gasteiger partial charge in [-0.2, -0.15) is 0 Å². The number of carbonyl (C=O) groups excluding carboxylic acids is 2. The fraction of sp³-hybridized carbons (Fsp3) is 0.778. The summed E-state index contributed by atoms with van der Waals surface area (Å²) in [7, 11) is 2.19. The highest BCUT2D eigenvalue weighted by Gasteiger charge is 2.61. The van der Waals surface area contributed by atoms with Crippen molar-refractivity contribution in [2.45, 2.75) is 107 Å². The zero-order chi connectivity index (χ0) is 29.4. The van der Waals surface area contributed by atoms with Gasteiger partial charge in [0.15, 0.2) is 5.78 Å². The average molecular weight is 549 g/mol. The largest absolute Gasteiger partial charge is 0.377 e. The van der Waals surface area contributed by atoms with Gasteiger partial charge in [0.05, 0.1) is 6.04 Å². The maximum absolute atomic E-state index is 14.4. The average Bonchev–Trinajstić information content (AvgIpc) is 3.08. The third-order valence-corrected chi connectivity index (χ3v) is 12.3. The number of carbonyl (C=O) groups is 2. The van der Waals surface area contributed by atoms with Crippen LogP contribution in [0, 0.1) is 57.2 Å². The van der Waals surface area contributed by atoms with Gasteiger partial charge in [0.2, 0.25) is 5.91 Å². The third-order valence-electron chi connectivity index (χ3n) is 12.3. The molecule has 4 nitrogen and oxygen atoms in total. The van der Waals surface area contributed by atoms with E-state index < -0.39 is 0 Å². The van der Waals surface area contributed by atoms with Crippen molar-refractivity contribution in [1.29, 1.82) is 0 Å². The quantitative estimate of drug-likeness (QED) is 0.387. The number of piperidine rings is 1. The topological polar surface area (TPSA) is 49.4 Å². The highest BCUT2D eigenvalue weighted by molar-refractivity contribution is 5.91. The van der Waals surface area contributed by atoms with Crippen molar-refractivity contribution in [1.82, 2.24) is 10.2 Å². The van der Waals surface area contributed by atoms with Crippen molar-refractivity contribution in [2.75, 3.05) is 13.6 Å². The second-order valence-electron chi connectivity index (χ2n) is 16.9. The van der Waals surface area contributed by atoms with E-state index in [1.807, 2.05) is 6.08 Å². The highest BCUT2D eigenvalue weighted by atomic mass is 16.2. The van der Waals surface area contributed by atoms with Gasteiger partial charge in [0.25, 0.3) is 0 Å². The van der Waals surface area contributed by atoms with Gasteiger partial charge in [-0.15, -0.1) is 0 Å². The Hall–Kier alpha value is -1.84. The number of ketones is 1. The molecule has 1 N–H and O–H groups in total. The molecule has 9 atom stereocenters. The zero-order valence-electron chi connectivity index (χ0n) is 27.1. The maximum Gasteiger partial charge on any atom is 0.224 e. The molecule has 1 aliphatic heterocycles. The van der Waals surface area contributed by atoms with E-state index >= 15 is 0 Å². The molecule has 5 aliphatic rings. The number of fused-ring (bicyclic) bond motifs is 5. The molecule has 1 heterocycles. The van der Waals surface area contributed by atoms with Crippen LogP contribution in [-0.4, -0.2) is 36.2 Å². The number of nitrogens with zero attached hydrogens (tertiary/aromatic N) is 1. The van der Waals surface area contributed by atoms with Gasteiger partial charge in [-0.25, -0.2) is 0 Å². The van der Waals surface area contributed by atoms with Gasteiger partial charge in [-0.05, 0) is 83.5 Å². The summed E-state index contributed by atoms with van der Waals surface area (Å²) in [5, 5.41) is 3.67. The Labute approximate surface area is 244 Å². The highest BCUT2D eigenvalue weighted by Crippen LogP contribution is 2.65. The van der Waals surface area contributed by atoms with Gasteiger partial charge in [0, 0.05) is 43.1 Å². The second-order valence-corrected chi connectivity index (χ2v) is 16.9. The number of hydrogen-bond donors (Lipinski definition) is 1. The van der Waals surface area contributed by atoms with Gasteiger partial charge in [-0.3, -0.25) is 9.59 Å². The maximum atomic E-state index is 14.4. The lowest BCUT2D eigenvalue weighted by Gasteiger charge is -2.60. The Morgan fingerprint density at radius 2 is 1.73 bits per heavy atom. The molecule has 4 aliphatic carbocycles. The second kappa shape index (κ2) is 9.87. The minimum Gasteiger partial charge on any atom is -0.377 e. The molecule has 0 radical (unpaired) electrons. The first-order valence-corrected chi connectivity index (χ1v) is 16.1. The van der Waals surface area contributed by atoms with Crippen molar-refractivity contribution < 1.29 is 9.59 Å². The van der Waals surface area contributed by atoms with E-state index in [1.165, 1.54) is 17.7 Å². The van der Waals surface area contributed by atoms with E-state index in [9.17, 15) is 9.59 Å². The van der Waals surface area contributed by atoms with Crippen LogP contribution < -0.4 is 5.32 Å². The van der Waals surface area contributed by atoms with Crippen molar-refractivity contribution in [3.63, 3.8) is 0 Å². The van der Waals surface area contributed by atoms with E-state index in [4.69, 9.17) is 0 Å². The van der Waals surface area contributed by atoms with E-state index in [0.29, 0.717) is 36.0 Å². The lowest BCUT2D eigenvalue weighted by atomic mass is 9.49. The molecule has 0 spiro atoms. The van der Waals surface area contributed by atoms with Crippen LogP contribution in [0.3, 0.4) is 0 Å². The summed E-state index contributed by atoms with van der Waals surface area (Å²) < 4.78 is 0. The minimum atomic E-state index is 0.0258. The number of allylic oxidation sites excluding steroid dienone is 5. The molecule has 4 heteroatoms. The molecular formula is C36H56N2O2. The molecule has 5 rings (SSSR count). The summed E-state index contributed by atoms with van der Waals surface area (Å²) in [6.45, 7) is 22.0. The molecule has 40 heavy (non-hydrogen) atoms. The van der Waals surface area contributed by atoms with Crippen LogP contribution in [-0.2, 0) is 9.59 Å². The van der Waals surface area contributed by atoms with Crippen LogP contribution in [0.4, 0.5) is 0 Å². The first kappa shape index (κ1) is 29.6. The molecular weight excluding hydrogens is 492 g/mol. The standard InChI is InChI=1S/C36H56N2O2/c1-22-11-12-23(33(2,3)4)19-29(31(22)34(5,6)7)37-32(40)28-14-13-26-25-21-38(10)30-20-24(39)15-17-36(30,9)27(25)16-18-35(26,28)8/h11-12,19-20,22,25-29,31H,13-18,21H2,1-10H3,(H,37,40)/t22-,25?,26?,27?,28+,29+,31?,35-,36+/m0/s1. The van der Waals surface area contributed by atoms with Crippen molar-refractivity contribution in [2.24, 2.45) is 57.2 Å². The molecule has 0 bridgehead atoms. The van der Waals surface area contributed by atoms with Crippen LogP contribution >= 0.6 is 0 Å². The normalized spacial score (nSPS) is 41.8. The SMILES string of the molecule is C[C@H]1C=CC(C(C)(C)C)=C[C@@H](NC(=O)[C@H]2CCC3C4CN(C)C5=CC(=O)CC[C@]5(C)C4CC[C@@]32C)C1C(C)(C)C. The van der Waals surface area contributed by atoms with E-state index in [-0.39, 0.29) is 45.3 Å². The monoisotopic (exact) mass is 548 g/mol. The van der Waals surface area contributed by atoms with Crippen molar-refractivity contribution >= 4 is 11.7 Å². The fourth-order valence-corrected chi connectivity index (χ4v) is 10.3. The first-order valence-electron chi connectivity index (χ1n) is 16.1. The summed E-state index contributed by atoms with van der Waals surface area (Å²) in [4.78, 5) is 29.1. The lowest BCUT2D eigenvalue weighted by molar-refractivity contribution is -0.135. The number of hydrogen-bond acceptors (Lipinski definition) is 3. The summed E-state index contributed by atoms with van der Waals surface area (Å²) in [5.41, 5.74) is 2.82. The third kappa shape index (κ3) is 4.83. The number of rotatable bonds is 2. The number of likely N-dealkylation sites (tertiary alicyclic amines) is 1. The Kier molecular flexibility index (Phi) is 7.32.